The number of benzene rings is 1. The molecule has 0 bridgehead atoms. The fourth-order valence-electron chi connectivity index (χ4n) is 7.96. The first-order chi connectivity index (χ1) is 25.5. The molecule has 5 N–H and O–H groups in total. The maximum absolute atomic E-state index is 15.0. The van der Waals surface area contributed by atoms with E-state index < -0.39 is 41.4 Å². The number of hydrazine groups is 1. The summed E-state index contributed by atoms with van der Waals surface area (Å²) >= 11 is 0. The van der Waals surface area contributed by atoms with Crippen molar-refractivity contribution in [1.29, 1.82) is 0 Å². The van der Waals surface area contributed by atoms with Gasteiger partial charge >= 0.3 is 6.03 Å². The van der Waals surface area contributed by atoms with E-state index in [-0.39, 0.29) is 50.8 Å². The molecule has 1 saturated carbocycles. The molecule has 53 heavy (non-hydrogen) atoms. The van der Waals surface area contributed by atoms with Gasteiger partial charge < -0.3 is 35.3 Å². The van der Waals surface area contributed by atoms with Crippen LogP contribution < -0.4 is 16.5 Å². The van der Waals surface area contributed by atoms with Crippen LogP contribution in [0.3, 0.4) is 0 Å². The number of aliphatic hydroxyl groups excluding tert-OH is 1. The number of hydrogen-bond donors (Lipinski definition) is 4. The van der Waals surface area contributed by atoms with E-state index in [1.54, 1.807) is 43.2 Å². The molecule has 1 saturated heterocycles. The Balaban J connectivity index is 1.96. The Kier molecular flexibility index (Phi) is 19.0. The summed E-state index contributed by atoms with van der Waals surface area (Å²) in [6.45, 7) is 8.67. The zero-order valence-corrected chi connectivity index (χ0v) is 32.9. The molecule has 1 aromatic carbocycles. The summed E-state index contributed by atoms with van der Waals surface area (Å²) in [6, 6.07) is 8.21. The molecule has 0 spiro atoms. The number of nitrogens with one attached hydrogen (secondary N) is 2. The molecule has 0 radical (unpaired) electrons. The number of ether oxygens (including phenoxy) is 3. The van der Waals surface area contributed by atoms with Crippen molar-refractivity contribution in [3.8, 4) is 0 Å². The molecule has 13 heteroatoms. The second-order valence-corrected chi connectivity index (χ2v) is 15.0. The highest BCUT2D eigenvalue weighted by Crippen LogP contribution is 2.40. The van der Waals surface area contributed by atoms with Crippen LogP contribution in [0.4, 0.5) is 4.79 Å². The number of carbonyl (C=O) groups is 4. The van der Waals surface area contributed by atoms with Gasteiger partial charge in [0.05, 0.1) is 24.7 Å². The van der Waals surface area contributed by atoms with E-state index in [2.05, 4.69) is 10.7 Å². The minimum Gasteiger partial charge on any atom is -0.393 e. The van der Waals surface area contributed by atoms with Gasteiger partial charge in [0, 0.05) is 39.3 Å². The second-order valence-electron chi connectivity index (χ2n) is 15.0. The number of carbonyl (C=O) groups excluding carboxylic acids is 4. The Labute approximate surface area is 317 Å². The van der Waals surface area contributed by atoms with Crippen molar-refractivity contribution in [2.75, 3.05) is 46.7 Å². The quantitative estimate of drug-likeness (QED) is 0.102. The summed E-state index contributed by atoms with van der Waals surface area (Å²) < 4.78 is 17.3. The maximum atomic E-state index is 15.0. The Morgan fingerprint density at radius 3 is 2.28 bits per heavy atom. The van der Waals surface area contributed by atoms with Crippen LogP contribution in [0.2, 0.25) is 0 Å². The molecule has 1 aliphatic heterocycles. The van der Waals surface area contributed by atoms with Crippen LogP contribution in [0, 0.1) is 23.7 Å². The fourth-order valence-corrected chi connectivity index (χ4v) is 7.96. The van der Waals surface area contributed by atoms with E-state index in [4.69, 9.17) is 19.9 Å². The fraction of sp³-hybridized carbons (Fsp3) is 0.750. The van der Waals surface area contributed by atoms with Gasteiger partial charge in [0.15, 0.2) is 5.60 Å². The van der Waals surface area contributed by atoms with Gasteiger partial charge in [-0.25, -0.2) is 4.79 Å². The van der Waals surface area contributed by atoms with Crippen LogP contribution in [0.5, 0.6) is 0 Å². The lowest BCUT2D eigenvalue weighted by molar-refractivity contribution is -0.176. The Morgan fingerprint density at radius 1 is 1.02 bits per heavy atom. The van der Waals surface area contributed by atoms with E-state index >= 15 is 4.79 Å². The molecule has 4 atom stereocenters. The maximum Gasteiger partial charge on any atom is 0.312 e. The van der Waals surface area contributed by atoms with E-state index in [1.807, 2.05) is 26.8 Å². The van der Waals surface area contributed by atoms with Crippen LogP contribution in [-0.4, -0.2) is 97.7 Å². The normalized spacial score (nSPS) is 18.5. The van der Waals surface area contributed by atoms with Crippen LogP contribution in [-0.2, 0) is 34.2 Å². The van der Waals surface area contributed by atoms with E-state index in [0.717, 1.165) is 6.42 Å². The lowest BCUT2D eigenvalue weighted by Gasteiger charge is -2.43. The number of nitrogens with zero attached hydrogens (tertiary/aromatic N) is 2. The molecule has 3 rings (SSSR count). The lowest BCUT2D eigenvalue weighted by Crippen LogP contribution is -2.62. The van der Waals surface area contributed by atoms with Gasteiger partial charge in [0.1, 0.15) is 6.79 Å². The Hall–Kier alpha value is -3.26. The summed E-state index contributed by atoms with van der Waals surface area (Å²) in [5, 5.41) is 14.9. The number of amides is 5. The zero-order valence-electron chi connectivity index (χ0n) is 32.9. The molecule has 1 aliphatic carbocycles. The van der Waals surface area contributed by atoms with E-state index in [1.165, 1.54) is 37.1 Å². The SMILES string of the molecule is CCCC(C(=O)N1CCC(OCOC)CC1)[C@@](OCC)(C(=O)NN(CCNC(N)=O)C(=O)[C@@H](C[C@@H](O)CCC1CCCCC1)C(C)C)c1ccccc1. The Morgan fingerprint density at radius 2 is 1.70 bits per heavy atom. The first-order valence-corrected chi connectivity index (χ1v) is 19.9. The van der Waals surface area contributed by atoms with Gasteiger partial charge in [-0.15, -0.1) is 0 Å². The number of primary amides is 1. The predicted octanol–water partition coefficient (Wildman–Crippen LogP) is 4.86. The number of aliphatic hydroxyl groups is 1. The smallest absolute Gasteiger partial charge is 0.312 e. The van der Waals surface area contributed by atoms with Crippen LogP contribution >= 0.6 is 0 Å². The van der Waals surface area contributed by atoms with Gasteiger partial charge in [-0.3, -0.25) is 24.8 Å². The number of urea groups is 1. The third-order valence-corrected chi connectivity index (χ3v) is 10.9. The van der Waals surface area contributed by atoms with Crippen LogP contribution in [0.1, 0.15) is 110 Å². The van der Waals surface area contributed by atoms with Crippen molar-refractivity contribution < 1.29 is 38.5 Å². The molecule has 2 fully saturated rings. The summed E-state index contributed by atoms with van der Waals surface area (Å²) in [5.74, 6) is -2.38. The molecule has 13 nitrogen and oxygen atoms in total. The average Bonchev–Trinajstić information content (AvgIpc) is 3.16. The molecule has 1 aromatic rings. The summed E-state index contributed by atoms with van der Waals surface area (Å²) in [6.07, 6.45) is 9.31. The van der Waals surface area contributed by atoms with Crippen LogP contribution in [0.15, 0.2) is 30.3 Å². The second kappa shape index (κ2) is 22.8. The standard InChI is InChI=1S/C40H67N5O8/c1-6-14-35(37(48)44-24-21-33(22-25-44)52-28-51-5)40(53-7-2,31-17-12-9-13-18-31)38(49)43-45(26-23-42-39(41)50)36(47)34(29(3)4)27-32(46)20-19-30-15-10-8-11-16-30/h9,12-13,17-18,29-30,32-35,46H,6-8,10-11,14-16,19-28H2,1-5H3,(H,43,49)(H3,41,42,50)/t32-,34-,35?,40+/m0/s1. The molecular formula is C40H67N5O8. The number of hydrogen-bond acceptors (Lipinski definition) is 8. The average molecular weight is 746 g/mol. The molecule has 0 aromatic heterocycles. The van der Waals surface area contributed by atoms with Crippen molar-refractivity contribution in [2.24, 2.45) is 29.4 Å². The zero-order chi connectivity index (χ0) is 38.8. The monoisotopic (exact) mass is 745 g/mol. The van der Waals surface area contributed by atoms with Crippen molar-refractivity contribution in [3.05, 3.63) is 35.9 Å². The highest BCUT2D eigenvalue weighted by molar-refractivity contribution is 5.95. The number of likely N-dealkylation sites (tertiary alicyclic amines) is 1. The first-order valence-electron chi connectivity index (χ1n) is 19.9. The van der Waals surface area contributed by atoms with Gasteiger partial charge in [0.25, 0.3) is 5.91 Å². The molecule has 5 amide bonds. The van der Waals surface area contributed by atoms with Gasteiger partial charge in [-0.2, -0.15) is 0 Å². The molecule has 1 heterocycles. The largest absolute Gasteiger partial charge is 0.393 e. The third kappa shape index (κ3) is 12.9. The minimum atomic E-state index is -1.80. The lowest BCUT2D eigenvalue weighted by atomic mass is 9.76. The topological polar surface area (TPSA) is 173 Å². The van der Waals surface area contributed by atoms with Crippen molar-refractivity contribution >= 4 is 23.8 Å². The number of nitrogens with two attached hydrogens (primary N) is 1. The highest BCUT2D eigenvalue weighted by atomic mass is 16.7. The van der Waals surface area contributed by atoms with Crippen LogP contribution in [0.25, 0.3) is 0 Å². The summed E-state index contributed by atoms with van der Waals surface area (Å²) in [7, 11) is 1.57. The molecule has 2 aliphatic rings. The molecular weight excluding hydrogens is 678 g/mol. The third-order valence-electron chi connectivity index (χ3n) is 10.9. The summed E-state index contributed by atoms with van der Waals surface area (Å²) in [4.78, 5) is 57.5. The van der Waals surface area contributed by atoms with Crippen molar-refractivity contribution in [3.63, 3.8) is 0 Å². The highest BCUT2D eigenvalue weighted by Gasteiger charge is 2.53. The van der Waals surface area contributed by atoms with Crippen molar-refractivity contribution in [1.82, 2.24) is 20.7 Å². The predicted molar refractivity (Wildman–Crippen MR) is 203 cm³/mol. The van der Waals surface area contributed by atoms with E-state index in [9.17, 15) is 19.5 Å². The number of rotatable bonds is 21. The van der Waals surface area contributed by atoms with E-state index in [0.29, 0.717) is 56.7 Å². The number of piperidine rings is 1. The summed E-state index contributed by atoms with van der Waals surface area (Å²) in [5.41, 5.74) is 6.94. The van der Waals surface area contributed by atoms with Gasteiger partial charge in [0.2, 0.25) is 11.8 Å². The van der Waals surface area contributed by atoms with Gasteiger partial charge in [-0.1, -0.05) is 89.6 Å². The number of methoxy groups -OCH3 is 1. The van der Waals surface area contributed by atoms with Crippen molar-refractivity contribution in [2.45, 2.75) is 123 Å². The molecule has 300 valence electrons. The first kappa shape index (κ1) is 44.1. The minimum absolute atomic E-state index is 0.0270. The van der Waals surface area contributed by atoms with Gasteiger partial charge in [-0.05, 0) is 62.8 Å². The Bertz CT molecular complexity index is 1250. The molecule has 1 unspecified atom stereocenters.